The Morgan fingerprint density at radius 2 is 0.900 bits per heavy atom. The molecule has 0 aliphatic carbocycles. The molecule has 0 unspecified atom stereocenters. The van der Waals surface area contributed by atoms with Gasteiger partial charge >= 0.3 is 0 Å². The fourth-order valence-electron chi connectivity index (χ4n) is 5.90. The van der Waals surface area contributed by atoms with Crippen LogP contribution < -0.4 is 4.90 Å². The average molecular weight is 512 g/mol. The highest BCUT2D eigenvalue weighted by atomic mass is 15.1. The van der Waals surface area contributed by atoms with E-state index < -0.39 is 0 Å². The van der Waals surface area contributed by atoms with Gasteiger partial charge in [0.15, 0.2) is 0 Å². The Morgan fingerprint density at radius 1 is 0.350 bits per heavy atom. The molecular weight excluding hydrogens is 482 g/mol. The summed E-state index contributed by atoms with van der Waals surface area (Å²) in [6.07, 6.45) is 0. The minimum atomic E-state index is 1.17. The molecule has 0 N–H and O–H groups in total. The molecule has 0 saturated heterocycles. The van der Waals surface area contributed by atoms with Crippen molar-refractivity contribution in [2.45, 2.75) is 0 Å². The Bertz CT molecular complexity index is 1960. The van der Waals surface area contributed by atoms with Gasteiger partial charge in [-0.2, -0.15) is 0 Å². The van der Waals surface area contributed by atoms with Crippen LogP contribution in [0.15, 0.2) is 158 Å². The zero-order valence-electron chi connectivity index (χ0n) is 22.5. The molecule has 0 aliphatic heterocycles. The summed E-state index contributed by atoms with van der Waals surface area (Å²) in [4.78, 5) is 2.36. The maximum atomic E-state index is 2.36. The van der Waals surface area contributed by atoms with Crippen LogP contribution in [0.25, 0.3) is 54.9 Å². The van der Waals surface area contributed by atoms with E-state index in [4.69, 9.17) is 0 Å². The van der Waals surface area contributed by atoms with Crippen molar-refractivity contribution in [1.29, 1.82) is 0 Å². The number of anilines is 2. The van der Waals surface area contributed by atoms with Gasteiger partial charge in [-0.05, 0) is 55.9 Å². The summed E-state index contributed by atoms with van der Waals surface area (Å²) in [6.45, 7) is 0. The normalized spacial score (nSPS) is 11.1. The molecule has 1 nitrogen and oxygen atoms in total. The van der Waals surface area contributed by atoms with E-state index in [1.54, 1.807) is 0 Å². The first kappa shape index (κ1) is 23.9. The second-order valence-electron chi connectivity index (χ2n) is 10.2. The van der Waals surface area contributed by atoms with E-state index in [1.807, 2.05) is 0 Å². The Labute approximate surface area is 235 Å². The van der Waals surface area contributed by atoms with E-state index >= 15 is 0 Å². The molecule has 0 amide bonds. The van der Waals surface area contributed by atoms with Crippen LogP contribution in [0.2, 0.25) is 0 Å². The van der Waals surface area contributed by atoms with Crippen molar-refractivity contribution >= 4 is 32.9 Å². The fraction of sp³-hybridized carbons (Fsp3) is 0.0256. The number of fused-ring (bicyclic) bond motifs is 2. The van der Waals surface area contributed by atoms with Gasteiger partial charge in [0.25, 0.3) is 0 Å². The zero-order valence-corrected chi connectivity index (χ0v) is 22.5. The van der Waals surface area contributed by atoms with Crippen LogP contribution in [-0.2, 0) is 0 Å². The van der Waals surface area contributed by atoms with Gasteiger partial charge in [0, 0.05) is 29.5 Å². The van der Waals surface area contributed by atoms with Gasteiger partial charge in [-0.3, -0.25) is 0 Å². The lowest BCUT2D eigenvalue weighted by molar-refractivity contribution is 1.21. The first-order chi connectivity index (χ1) is 19.8. The van der Waals surface area contributed by atoms with Gasteiger partial charge < -0.3 is 4.90 Å². The van der Waals surface area contributed by atoms with Gasteiger partial charge in [-0.1, -0.05) is 146 Å². The summed E-state index contributed by atoms with van der Waals surface area (Å²) >= 11 is 0. The molecule has 0 atom stereocenters. The molecule has 1 heteroatoms. The Balaban J connectivity index is 1.48. The summed E-state index contributed by atoms with van der Waals surface area (Å²) in [5.41, 5.74) is 9.67. The first-order valence-corrected chi connectivity index (χ1v) is 13.8. The van der Waals surface area contributed by atoms with Crippen LogP contribution in [0.1, 0.15) is 0 Å². The van der Waals surface area contributed by atoms with E-state index in [0.29, 0.717) is 0 Å². The summed E-state index contributed by atoms with van der Waals surface area (Å²) < 4.78 is 0. The molecule has 7 aromatic carbocycles. The summed E-state index contributed by atoms with van der Waals surface area (Å²) in [5, 5.41) is 5.02. The quantitative estimate of drug-likeness (QED) is 0.222. The number of hydrogen-bond acceptors (Lipinski definition) is 1. The van der Waals surface area contributed by atoms with Crippen molar-refractivity contribution in [3.8, 4) is 33.4 Å². The van der Waals surface area contributed by atoms with E-state index in [0.717, 1.165) is 0 Å². The fourth-order valence-corrected chi connectivity index (χ4v) is 5.90. The van der Waals surface area contributed by atoms with Crippen molar-refractivity contribution in [2.75, 3.05) is 11.9 Å². The molecule has 0 aromatic heterocycles. The maximum Gasteiger partial charge on any atom is 0.0494 e. The predicted octanol–water partition coefficient (Wildman–Crippen LogP) is 10.8. The average Bonchev–Trinajstić information content (AvgIpc) is 3.04. The second kappa shape index (κ2) is 10.2. The molecule has 7 aromatic rings. The second-order valence-corrected chi connectivity index (χ2v) is 10.2. The number of nitrogens with zero attached hydrogens (tertiary/aromatic N) is 1. The molecule has 0 spiro atoms. The van der Waals surface area contributed by atoms with Gasteiger partial charge in [-0.25, -0.2) is 0 Å². The van der Waals surface area contributed by atoms with Gasteiger partial charge in [-0.15, -0.1) is 0 Å². The number of hydrogen-bond donors (Lipinski definition) is 0. The first-order valence-electron chi connectivity index (χ1n) is 13.8. The smallest absolute Gasteiger partial charge is 0.0494 e. The van der Waals surface area contributed by atoms with E-state index in [-0.39, 0.29) is 0 Å². The lowest BCUT2D eigenvalue weighted by Crippen LogP contribution is -2.12. The topological polar surface area (TPSA) is 3.24 Å². The highest BCUT2D eigenvalue weighted by Gasteiger charge is 2.18. The standard InChI is InChI=1S/C39H29N/c1-40(38-24-10-9-21-35(38)30-13-3-2-4-14-30)39-27-31(34-22-11-17-28-15-5-7-19-32(28)34)25-26-37(39)36-23-12-18-29-16-6-8-20-33(29)36/h2-27H,1H3. The van der Waals surface area contributed by atoms with Crippen molar-refractivity contribution < 1.29 is 0 Å². The van der Waals surface area contributed by atoms with E-state index in [2.05, 4.69) is 170 Å². The Kier molecular flexibility index (Phi) is 6.11. The molecule has 0 radical (unpaired) electrons. The molecule has 0 saturated carbocycles. The van der Waals surface area contributed by atoms with Crippen molar-refractivity contribution in [3.05, 3.63) is 158 Å². The van der Waals surface area contributed by atoms with Gasteiger partial charge in [0.05, 0.1) is 0 Å². The minimum absolute atomic E-state index is 1.17. The molecule has 0 fully saturated rings. The van der Waals surface area contributed by atoms with Gasteiger partial charge in [0.1, 0.15) is 0 Å². The zero-order chi connectivity index (χ0) is 26.9. The lowest BCUT2D eigenvalue weighted by Gasteiger charge is -2.27. The monoisotopic (exact) mass is 511 g/mol. The van der Waals surface area contributed by atoms with Crippen LogP contribution in [0, 0.1) is 0 Å². The largest absolute Gasteiger partial charge is 0.344 e. The highest BCUT2D eigenvalue weighted by molar-refractivity contribution is 6.03. The van der Waals surface area contributed by atoms with Crippen LogP contribution in [0.5, 0.6) is 0 Å². The SMILES string of the molecule is CN(c1ccccc1-c1ccccc1)c1cc(-c2cccc3ccccc23)ccc1-c1cccc2ccccc12. The van der Waals surface area contributed by atoms with Crippen molar-refractivity contribution in [1.82, 2.24) is 0 Å². The number of benzene rings is 7. The minimum Gasteiger partial charge on any atom is -0.344 e. The Morgan fingerprint density at radius 3 is 1.65 bits per heavy atom. The van der Waals surface area contributed by atoms with Crippen LogP contribution in [0.4, 0.5) is 11.4 Å². The Hall–Kier alpha value is -5.14. The predicted molar refractivity (Wildman–Crippen MR) is 172 cm³/mol. The third kappa shape index (κ3) is 4.22. The molecule has 7 rings (SSSR count). The molecule has 190 valence electrons. The van der Waals surface area contributed by atoms with E-state index in [9.17, 15) is 0 Å². The highest BCUT2D eigenvalue weighted by Crippen LogP contribution is 2.43. The van der Waals surface area contributed by atoms with Crippen LogP contribution in [0.3, 0.4) is 0 Å². The summed E-state index contributed by atoms with van der Waals surface area (Å²) in [6, 6.07) is 56.8. The third-order valence-corrected chi connectivity index (χ3v) is 7.89. The molecule has 40 heavy (non-hydrogen) atoms. The summed E-state index contributed by atoms with van der Waals surface area (Å²) in [7, 11) is 2.19. The van der Waals surface area contributed by atoms with E-state index in [1.165, 1.54) is 66.3 Å². The number of rotatable bonds is 5. The lowest BCUT2D eigenvalue weighted by atomic mass is 9.92. The molecule has 0 bridgehead atoms. The summed E-state index contributed by atoms with van der Waals surface area (Å²) in [5.74, 6) is 0. The van der Waals surface area contributed by atoms with Crippen molar-refractivity contribution in [3.63, 3.8) is 0 Å². The van der Waals surface area contributed by atoms with Crippen LogP contribution >= 0.6 is 0 Å². The molecule has 0 aliphatic rings. The third-order valence-electron chi connectivity index (χ3n) is 7.89. The molecular formula is C39H29N. The number of para-hydroxylation sites is 1. The maximum absolute atomic E-state index is 2.36. The van der Waals surface area contributed by atoms with Gasteiger partial charge in [0.2, 0.25) is 0 Å². The van der Waals surface area contributed by atoms with Crippen molar-refractivity contribution in [2.24, 2.45) is 0 Å². The molecule has 0 heterocycles. The van der Waals surface area contributed by atoms with Crippen LogP contribution in [-0.4, -0.2) is 7.05 Å².